The Morgan fingerprint density at radius 1 is 1.09 bits per heavy atom. The second-order valence-electron chi connectivity index (χ2n) is 7.95. The van der Waals surface area contributed by atoms with Gasteiger partial charge in [-0.15, -0.1) is 0 Å². The van der Waals surface area contributed by atoms with Crippen LogP contribution in [0.3, 0.4) is 0 Å². The second-order valence-corrected chi connectivity index (χ2v) is 7.95. The van der Waals surface area contributed by atoms with E-state index in [0.29, 0.717) is 12.1 Å². The summed E-state index contributed by atoms with van der Waals surface area (Å²) in [5, 5.41) is 13.6. The van der Waals surface area contributed by atoms with Gasteiger partial charge >= 0.3 is 0 Å². The number of benzene rings is 1. The molecule has 4 bridgehead atoms. The average molecular weight is 314 g/mol. The molecular formula is C18H22N2O3. The van der Waals surface area contributed by atoms with Gasteiger partial charge in [-0.1, -0.05) is 0 Å². The third kappa shape index (κ3) is 2.84. The summed E-state index contributed by atoms with van der Waals surface area (Å²) in [5.74, 6) is 2.58. The first kappa shape index (κ1) is 14.7. The van der Waals surface area contributed by atoms with Crippen molar-refractivity contribution in [2.75, 3.05) is 5.32 Å². The predicted molar refractivity (Wildman–Crippen MR) is 86.9 cm³/mol. The van der Waals surface area contributed by atoms with Gasteiger partial charge in [-0.3, -0.25) is 14.9 Å². The highest BCUT2D eigenvalue weighted by molar-refractivity contribution is 5.91. The van der Waals surface area contributed by atoms with Crippen LogP contribution in [0.25, 0.3) is 0 Å². The number of anilines is 1. The first-order valence-corrected chi connectivity index (χ1v) is 8.56. The van der Waals surface area contributed by atoms with Crippen LogP contribution in [0.1, 0.15) is 44.9 Å². The number of nitrogens with zero attached hydrogens (tertiary/aromatic N) is 1. The first-order chi connectivity index (χ1) is 11.0. The van der Waals surface area contributed by atoms with Gasteiger partial charge in [0.1, 0.15) is 0 Å². The van der Waals surface area contributed by atoms with Crippen molar-refractivity contribution < 1.29 is 9.72 Å². The molecule has 1 amide bonds. The van der Waals surface area contributed by atoms with Gasteiger partial charge in [-0.05, 0) is 73.8 Å². The lowest BCUT2D eigenvalue weighted by molar-refractivity contribution is -0.384. The van der Waals surface area contributed by atoms with Crippen molar-refractivity contribution in [1.82, 2.24) is 0 Å². The van der Waals surface area contributed by atoms with Crippen LogP contribution in [0.2, 0.25) is 0 Å². The van der Waals surface area contributed by atoms with Gasteiger partial charge in [-0.25, -0.2) is 0 Å². The molecule has 0 radical (unpaired) electrons. The Balaban J connectivity index is 1.41. The summed E-state index contributed by atoms with van der Waals surface area (Å²) in [6.45, 7) is 0. The van der Waals surface area contributed by atoms with Crippen molar-refractivity contribution in [3.63, 3.8) is 0 Å². The summed E-state index contributed by atoms with van der Waals surface area (Å²) in [6.07, 6.45) is 8.38. The largest absolute Gasteiger partial charge is 0.326 e. The van der Waals surface area contributed by atoms with Gasteiger partial charge in [-0.2, -0.15) is 0 Å². The van der Waals surface area contributed by atoms with Crippen molar-refractivity contribution >= 4 is 17.3 Å². The average Bonchev–Trinajstić information content (AvgIpc) is 2.45. The molecule has 4 fully saturated rings. The van der Waals surface area contributed by atoms with E-state index in [1.54, 1.807) is 12.1 Å². The molecule has 4 aliphatic rings. The fourth-order valence-corrected chi connectivity index (χ4v) is 5.72. The smallest absolute Gasteiger partial charge is 0.269 e. The predicted octanol–water partition coefficient (Wildman–Crippen LogP) is 4.14. The molecule has 4 aliphatic carbocycles. The van der Waals surface area contributed by atoms with Crippen molar-refractivity contribution in [2.45, 2.75) is 44.9 Å². The summed E-state index contributed by atoms with van der Waals surface area (Å²) in [7, 11) is 0. The molecule has 0 saturated heterocycles. The highest BCUT2D eigenvalue weighted by Crippen LogP contribution is 2.61. The lowest BCUT2D eigenvalue weighted by atomic mass is 9.49. The Bertz CT molecular complexity index is 603. The summed E-state index contributed by atoms with van der Waals surface area (Å²) >= 11 is 0. The fraction of sp³-hybridized carbons (Fsp3) is 0.611. The molecule has 0 heterocycles. The maximum Gasteiger partial charge on any atom is 0.269 e. The lowest BCUT2D eigenvalue weighted by Crippen LogP contribution is -2.47. The maximum atomic E-state index is 12.5. The normalized spacial score (nSPS) is 34.3. The quantitative estimate of drug-likeness (QED) is 0.670. The summed E-state index contributed by atoms with van der Waals surface area (Å²) in [4.78, 5) is 22.7. The monoisotopic (exact) mass is 314 g/mol. The summed E-state index contributed by atoms with van der Waals surface area (Å²) in [5.41, 5.74) is 0.911. The van der Waals surface area contributed by atoms with Crippen LogP contribution in [0.5, 0.6) is 0 Å². The van der Waals surface area contributed by atoms with Crippen molar-refractivity contribution in [2.24, 2.45) is 23.2 Å². The third-order valence-corrected chi connectivity index (χ3v) is 6.06. The molecular weight excluding hydrogens is 292 g/mol. The van der Waals surface area contributed by atoms with Gasteiger partial charge in [0.25, 0.3) is 5.69 Å². The molecule has 0 aromatic heterocycles. The molecule has 1 aromatic rings. The minimum absolute atomic E-state index is 0.0454. The minimum Gasteiger partial charge on any atom is -0.326 e. The summed E-state index contributed by atoms with van der Waals surface area (Å²) < 4.78 is 0. The topological polar surface area (TPSA) is 72.2 Å². The number of amides is 1. The number of hydrogen-bond donors (Lipinski definition) is 1. The highest BCUT2D eigenvalue weighted by Gasteiger charge is 2.51. The molecule has 5 heteroatoms. The van der Waals surface area contributed by atoms with Crippen molar-refractivity contribution in [3.05, 3.63) is 34.4 Å². The van der Waals surface area contributed by atoms with Crippen molar-refractivity contribution in [3.8, 4) is 0 Å². The minimum atomic E-state index is -0.430. The molecule has 23 heavy (non-hydrogen) atoms. The number of hydrogen-bond acceptors (Lipinski definition) is 3. The van der Waals surface area contributed by atoms with Crippen molar-refractivity contribution in [1.29, 1.82) is 0 Å². The first-order valence-electron chi connectivity index (χ1n) is 8.56. The Hall–Kier alpha value is -1.91. The van der Waals surface area contributed by atoms with Crippen LogP contribution in [0, 0.1) is 33.3 Å². The SMILES string of the molecule is O=C(CC12CC3CC(CC(C3)C1)C2)Nc1ccc([N+](=O)[O-])cc1. The summed E-state index contributed by atoms with van der Waals surface area (Å²) in [6, 6.07) is 6.08. The van der Waals surface area contributed by atoms with Gasteiger partial charge in [0.15, 0.2) is 0 Å². The van der Waals surface area contributed by atoms with Crippen LogP contribution in [0.4, 0.5) is 11.4 Å². The Morgan fingerprint density at radius 2 is 1.61 bits per heavy atom. The second kappa shape index (κ2) is 5.32. The molecule has 0 atom stereocenters. The van der Waals surface area contributed by atoms with Gasteiger partial charge in [0.2, 0.25) is 5.91 Å². The van der Waals surface area contributed by atoms with Gasteiger partial charge < -0.3 is 5.32 Å². The Kier molecular flexibility index (Phi) is 3.39. The van der Waals surface area contributed by atoms with E-state index in [1.807, 2.05) is 0 Å². The molecule has 0 aliphatic heterocycles. The maximum absolute atomic E-state index is 12.5. The Labute approximate surface area is 135 Å². The van der Waals surface area contributed by atoms with E-state index >= 15 is 0 Å². The van der Waals surface area contributed by atoms with Crippen LogP contribution in [0.15, 0.2) is 24.3 Å². The molecule has 1 aromatic carbocycles. The van der Waals surface area contributed by atoms with E-state index in [2.05, 4.69) is 5.32 Å². The number of nitro benzene ring substituents is 1. The van der Waals surface area contributed by atoms with Crippen LogP contribution >= 0.6 is 0 Å². The van der Waals surface area contributed by atoms with E-state index in [1.165, 1.54) is 50.7 Å². The molecule has 5 rings (SSSR count). The molecule has 122 valence electrons. The van der Waals surface area contributed by atoms with E-state index in [-0.39, 0.29) is 17.0 Å². The zero-order chi connectivity index (χ0) is 16.0. The van der Waals surface area contributed by atoms with E-state index in [0.717, 1.165) is 17.8 Å². The zero-order valence-electron chi connectivity index (χ0n) is 13.2. The number of nitro groups is 1. The zero-order valence-corrected chi connectivity index (χ0v) is 13.2. The van der Waals surface area contributed by atoms with E-state index in [4.69, 9.17) is 0 Å². The third-order valence-electron chi connectivity index (χ3n) is 6.06. The molecule has 0 spiro atoms. The number of nitrogens with one attached hydrogen (secondary N) is 1. The van der Waals surface area contributed by atoms with Gasteiger partial charge in [0.05, 0.1) is 4.92 Å². The lowest BCUT2D eigenvalue weighted by Gasteiger charge is -2.56. The number of carbonyl (C=O) groups excluding carboxylic acids is 1. The number of non-ortho nitro benzene ring substituents is 1. The number of carbonyl (C=O) groups is 1. The molecule has 5 nitrogen and oxygen atoms in total. The van der Waals surface area contributed by atoms with Gasteiger partial charge in [0, 0.05) is 24.2 Å². The number of rotatable bonds is 4. The van der Waals surface area contributed by atoms with Crippen LogP contribution in [-0.2, 0) is 4.79 Å². The highest BCUT2D eigenvalue weighted by atomic mass is 16.6. The molecule has 1 N–H and O–H groups in total. The van der Waals surface area contributed by atoms with E-state index in [9.17, 15) is 14.9 Å². The standard InChI is InChI=1S/C18H22N2O3/c21-17(19-15-1-3-16(4-2-15)20(22)23)11-18-8-12-5-13(9-18)7-14(6-12)10-18/h1-4,12-14H,5-11H2,(H,19,21). The fourth-order valence-electron chi connectivity index (χ4n) is 5.72. The van der Waals surface area contributed by atoms with E-state index < -0.39 is 4.92 Å². The van der Waals surface area contributed by atoms with Crippen LogP contribution in [-0.4, -0.2) is 10.8 Å². The molecule has 0 unspecified atom stereocenters. The molecule has 4 saturated carbocycles. The Morgan fingerprint density at radius 3 is 2.09 bits per heavy atom. The van der Waals surface area contributed by atoms with Crippen LogP contribution < -0.4 is 5.32 Å².